The fourth-order valence-electron chi connectivity index (χ4n) is 1.61. The van der Waals surface area contributed by atoms with Gasteiger partial charge in [-0.15, -0.1) is 0 Å². The lowest BCUT2D eigenvalue weighted by molar-refractivity contribution is 0.589. The molecule has 0 aliphatic carbocycles. The summed E-state index contributed by atoms with van der Waals surface area (Å²) in [7, 11) is 0. The Morgan fingerprint density at radius 1 is 1.31 bits per heavy atom. The molecule has 90 valence electrons. The molecule has 0 radical (unpaired) electrons. The number of hydrogen-bond donors (Lipinski definition) is 1. The first kappa shape index (κ1) is 13.6. The number of aryl methyl sites for hydroxylation is 1. The summed E-state index contributed by atoms with van der Waals surface area (Å²) >= 11 is 2.02. The van der Waals surface area contributed by atoms with Crippen LogP contribution in [0.2, 0.25) is 0 Å². The molecule has 1 aromatic carbocycles. The maximum atomic E-state index is 5.88. The Morgan fingerprint density at radius 2 is 2.06 bits per heavy atom. The smallest absolute Gasteiger partial charge is 0.0187 e. The van der Waals surface area contributed by atoms with E-state index in [1.807, 2.05) is 11.8 Å². The lowest BCUT2D eigenvalue weighted by Crippen LogP contribution is -2.18. The van der Waals surface area contributed by atoms with Gasteiger partial charge in [0.2, 0.25) is 0 Å². The van der Waals surface area contributed by atoms with Gasteiger partial charge in [-0.2, -0.15) is 11.8 Å². The van der Waals surface area contributed by atoms with Gasteiger partial charge in [0.25, 0.3) is 0 Å². The Balaban J connectivity index is 2.14. The van der Waals surface area contributed by atoms with Crippen LogP contribution in [0.5, 0.6) is 0 Å². The van der Waals surface area contributed by atoms with Crippen molar-refractivity contribution in [3.05, 3.63) is 35.4 Å². The van der Waals surface area contributed by atoms with Crippen molar-refractivity contribution in [2.24, 2.45) is 5.73 Å². The second-order valence-corrected chi connectivity index (χ2v) is 5.39. The van der Waals surface area contributed by atoms with Gasteiger partial charge in [0, 0.05) is 11.8 Å². The molecule has 0 fully saturated rings. The predicted octanol–water partition coefficient (Wildman–Crippen LogP) is 3.75. The van der Waals surface area contributed by atoms with Crippen LogP contribution in [0.3, 0.4) is 0 Å². The molecule has 1 atom stereocenters. The number of nitrogens with two attached hydrogens (primary N) is 1. The molecular weight excluding hydrogens is 214 g/mol. The fraction of sp³-hybridized carbons (Fsp3) is 0.571. The summed E-state index contributed by atoms with van der Waals surface area (Å²) in [6.07, 6.45) is 3.51. The van der Waals surface area contributed by atoms with E-state index < -0.39 is 0 Å². The van der Waals surface area contributed by atoms with E-state index in [4.69, 9.17) is 5.73 Å². The lowest BCUT2D eigenvalue weighted by Gasteiger charge is -2.08. The quantitative estimate of drug-likeness (QED) is 0.731. The van der Waals surface area contributed by atoms with Gasteiger partial charge in [0.05, 0.1) is 0 Å². The number of rotatable bonds is 7. The lowest BCUT2D eigenvalue weighted by atomic mass is 10.1. The first-order valence-electron chi connectivity index (χ1n) is 6.12. The van der Waals surface area contributed by atoms with Crippen LogP contribution in [-0.4, -0.2) is 11.8 Å². The molecule has 2 heteroatoms. The van der Waals surface area contributed by atoms with Gasteiger partial charge >= 0.3 is 0 Å². The summed E-state index contributed by atoms with van der Waals surface area (Å²) in [5.41, 5.74) is 8.75. The highest BCUT2D eigenvalue weighted by Gasteiger charge is 2.00. The van der Waals surface area contributed by atoms with Crippen molar-refractivity contribution in [2.45, 2.75) is 44.9 Å². The van der Waals surface area contributed by atoms with E-state index in [9.17, 15) is 0 Å². The molecule has 0 aliphatic rings. The molecule has 0 aromatic heterocycles. The SMILES string of the molecule is CCC(N)CCCSCc1ccccc1C. The van der Waals surface area contributed by atoms with Crippen LogP contribution in [0.1, 0.15) is 37.3 Å². The minimum absolute atomic E-state index is 0.402. The van der Waals surface area contributed by atoms with E-state index in [0.717, 1.165) is 18.6 Å². The molecule has 0 aliphatic heterocycles. The third-order valence-electron chi connectivity index (χ3n) is 2.91. The van der Waals surface area contributed by atoms with Gasteiger partial charge in [-0.25, -0.2) is 0 Å². The zero-order valence-corrected chi connectivity index (χ0v) is 11.2. The minimum atomic E-state index is 0.402. The van der Waals surface area contributed by atoms with Gasteiger partial charge in [-0.05, 0) is 43.1 Å². The van der Waals surface area contributed by atoms with Crippen molar-refractivity contribution < 1.29 is 0 Å². The molecule has 2 N–H and O–H groups in total. The topological polar surface area (TPSA) is 26.0 Å². The molecular formula is C14H23NS. The Kier molecular flexibility index (Phi) is 6.58. The Bertz CT molecular complexity index is 299. The molecule has 1 unspecified atom stereocenters. The summed E-state index contributed by atoms with van der Waals surface area (Å²) in [6, 6.07) is 9.03. The van der Waals surface area contributed by atoms with Crippen molar-refractivity contribution in [3.63, 3.8) is 0 Å². The molecule has 16 heavy (non-hydrogen) atoms. The molecule has 1 rings (SSSR count). The maximum absolute atomic E-state index is 5.88. The zero-order valence-electron chi connectivity index (χ0n) is 10.4. The van der Waals surface area contributed by atoms with Crippen molar-refractivity contribution in [2.75, 3.05) is 5.75 Å². The molecule has 1 nitrogen and oxygen atoms in total. The van der Waals surface area contributed by atoms with Crippen LogP contribution in [-0.2, 0) is 5.75 Å². The molecule has 0 heterocycles. The highest BCUT2D eigenvalue weighted by Crippen LogP contribution is 2.17. The first-order chi connectivity index (χ1) is 7.74. The summed E-state index contributed by atoms with van der Waals surface area (Å²) in [4.78, 5) is 0. The van der Waals surface area contributed by atoms with Gasteiger partial charge in [-0.1, -0.05) is 31.2 Å². The number of benzene rings is 1. The third-order valence-corrected chi connectivity index (χ3v) is 4.00. The number of thioether (sulfide) groups is 1. The van der Waals surface area contributed by atoms with Crippen LogP contribution >= 0.6 is 11.8 Å². The Morgan fingerprint density at radius 3 is 2.75 bits per heavy atom. The fourth-order valence-corrected chi connectivity index (χ4v) is 2.66. The second kappa shape index (κ2) is 7.75. The summed E-state index contributed by atoms with van der Waals surface area (Å²) in [5, 5.41) is 0. The molecule has 0 amide bonds. The van der Waals surface area contributed by atoms with Crippen molar-refractivity contribution in [1.29, 1.82) is 0 Å². The largest absolute Gasteiger partial charge is 0.328 e. The molecule has 0 saturated carbocycles. The summed E-state index contributed by atoms with van der Waals surface area (Å²) < 4.78 is 0. The Labute approximate surface area is 104 Å². The van der Waals surface area contributed by atoms with Crippen molar-refractivity contribution >= 4 is 11.8 Å². The van der Waals surface area contributed by atoms with Gasteiger partial charge in [-0.3, -0.25) is 0 Å². The van der Waals surface area contributed by atoms with Gasteiger partial charge < -0.3 is 5.73 Å². The van der Waals surface area contributed by atoms with E-state index in [1.54, 1.807) is 0 Å². The van der Waals surface area contributed by atoms with Crippen LogP contribution in [0.25, 0.3) is 0 Å². The van der Waals surface area contributed by atoms with Gasteiger partial charge in [0.15, 0.2) is 0 Å². The van der Waals surface area contributed by atoms with Gasteiger partial charge in [0.1, 0.15) is 0 Å². The van der Waals surface area contributed by atoms with E-state index in [0.29, 0.717) is 6.04 Å². The van der Waals surface area contributed by atoms with E-state index >= 15 is 0 Å². The second-order valence-electron chi connectivity index (χ2n) is 4.29. The monoisotopic (exact) mass is 237 g/mol. The van der Waals surface area contributed by atoms with E-state index in [2.05, 4.69) is 38.1 Å². The Hall–Kier alpha value is -0.470. The maximum Gasteiger partial charge on any atom is 0.0187 e. The van der Waals surface area contributed by atoms with E-state index in [-0.39, 0.29) is 0 Å². The van der Waals surface area contributed by atoms with Crippen molar-refractivity contribution in [3.8, 4) is 0 Å². The standard InChI is InChI=1S/C14H23NS/c1-3-14(15)9-6-10-16-11-13-8-5-4-7-12(13)2/h4-5,7-8,14H,3,6,9-11,15H2,1-2H3. The number of hydrogen-bond acceptors (Lipinski definition) is 2. The zero-order chi connectivity index (χ0) is 11.8. The van der Waals surface area contributed by atoms with Crippen LogP contribution in [0.4, 0.5) is 0 Å². The molecule has 0 spiro atoms. The average molecular weight is 237 g/mol. The first-order valence-corrected chi connectivity index (χ1v) is 7.27. The normalized spacial score (nSPS) is 12.7. The van der Waals surface area contributed by atoms with Crippen molar-refractivity contribution in [1.82, 2.24) is 0 Å². The average Bonchev–Trinajstić information content (AvgIpc) is 2.30. The van der Waals surface area contributed by atoms with Crippen LogP contribution in [0, 0.1) is 6.92 Å². The molecule has 0 bridgehead atoms. The summed E-state index contributed by atoms with van der Waals surface area (Å²) in [5.74, 6) is 2.36. The van der Waals surface area contributed by atoms with Crippen LogP contribution < -0.4 is 5.73 Å². The van der Waals surface area contributed by atoms with E-state index in [1.165, 1.54) is 23.3 Å². The molecule has 0 saturated heterocycles. The molecule has 1 aromatic rings. The highest BCUT2D eigenvalue weighted by atomic mass is 32.2. The highest BCUT2D eigenvalue weighted by molar-refractivity contribution is 7.98. The summed E-state index contributed by atoms with van der Waals surface area (Å²) in [6.45, 7) is 4.34. The predicted molar refractivity (Wildman–Crippen MR) is 74.8 cm³/mol. The third kappa shape index (κ3) is 5.04. The van der Waals surface area contributed by atoms with Crippen LogP contribution in [0.15, 0.2) is 24.3 Å². The minimum Gasteiger partial charge on any atom is -0.328 e.